The molecular weight excluding hydrogens is 369 g/mol. The lowest BCUT2D eigenvalue weighted by atomic mass is 10.2. The van der Waals surface area contributed by atoms with E-state index >= 15 is 0 Å². The van der Waals surface area contributed by atoms with Crippen LogP contribution in [0.5, 0.6) is 0 Å². The summed E-state index contributed by atoms with van der Waals surface area (Å²) in [6.07, 6.45) is 3.86. The molecule has 6 nitrogen and oxygen atoms in total. The molecule has 1 aromatic carbocycles. The van der Waals surface area contributed by atoms with E-state index < -0.39 is 15.7 Å². The third-order valence-electron chi connectivity index (χ3n) is 3.29. The van der Waals surface area contributed by atoms with E-state index in [4.69, 9.17) is 11.6 Å². The Morgan fingerprint density at radius 1 is 1.36 bits per heavy atom. The molecule has 1 N–H and O–H groups in total. The summed E-state index contributed by atoms with van der Waals surface area (Å²) < 4.78 is 36.5. The van der Waals surface area contributed by atoms with Crippen molar-refractivity contribution in [2.45, 2.75) is 6.92 Å². The summed E-state index contributed by atoms with van der Waals surface area (Å²) in [7, 11) is -3.13. The Balaban J connectivity index is 2.12. The van der Waals surface area contributed by atoms with Gasteiger partial charge in [0.05, 0.1) is 17.1 Å². The first kappa shape index (κ1) is 19.1. The van der Waals surface area contributed by atoms with Crippen LogP contribution in [0.4, 0.5) is 4.39 Å². The predicted octanol–water partition coefficient (Wildman–Crippen LogP) is 2.15. The summed E-state index contributed by atoms with van der Waals surface area (Å²) in [6.45, 7) is 1.76. The lowest BCUT2D eigenvalue weighted by molar-refractivity contribution is -0.116. The van der Waals surface area contributed by atoms with Crippen LogP contribution in [0.25, 0.3) is 11.8 Å². The number of rotatable bonds is 6. The van der Waals surface area contributed by atoms with Crippen molar-refractivity contribution in [2.75, 3.05) is 18.6 Å². The molecule has 25 heavy (non-hydrogen) atoms. The third kappa shape index (κ3) is 5.40. The number of nitrogens with one attached hydrogen (secondary N) is 1. The van der Waals surface area contributed by atoms with E-state index in [1.165, 1.54) is 29.0 Å². The number of hydrogen-bond donors (Lipinski definition) is 1. The molecule has 0 atom stereocenters. The number of hydrogen-bond acceptors (Lipinski definition) is 4. The van der Waals surface area contributed by atoms with Gasteiger partial charge in [0.25, 0.3) is 0 Å². The summed E-state index contributed by atoms with van der Waals surface area (Å²) in [5, 5.41) is 7.04. The smallest absolute Gasteiger partial charge is 0.244 e. The molecule has 1 amide bonds. The summed E-state index contributed by atoms with van der Waals surface area (Å²) in [5.74, 6) is -0.933. The number of amides is 1. The van der Waals surface area contributed by atoms with Gasteiger partial charge in [-0.2, -0.15) is 5.10 Å². The number of sulfone groups is 1. The van der Waals surface area contributed by atoms with Crippen molar-refractivity contribution in [3.8, 4) is 5.69 Å². The van der Waals surface area contributed by atoms with Crippen LogP contribution in [-0.4, -0.2) is 42.7 Å². The van der Waals surface area contributed by atoms with E-state index in [1.54, 1.807) is 19.1 Å². The molecule has 0 aliphatic heterocycles. The average Bonchev–Trinajstić information content (AvgIpc) is 2.79. The third-order valence-corrected chi connectivity index (χ3v) is 4.60. The van der Waals surface area contributed by atoms with Gasteiger partial charge in [-0.25, -0.2) is 17.5 Å². The highest BCUT2D eigenvalue weighted by Crippen LogP contribution is 2.24. The fraction of sp³-hybridized carbons (Fsp3) is 0.250. The van der Waals surface area contributed by atoms with Crippen molar-refractivity contribution in [3.63, 3.8) is 0 Å². The van der Waals surface area contributed by atoms with Crippen molar-refractivity contribution in [1.82, 2.24) is 15.1 Å². The maximum absolute atomic E-state index is 13.0. The molecule has 1 heterocycles. The SMILES string of the molecule is Cc1nn(-c2ccc(F)cc2)c(Cl)c1C=CC(=O)NCCS(C)(=O)=O. The summed E-state index contributed by atoms with van der Waals surface area (Å²) in [4.78, 5) is 11.7. The van der Waals surface area contributed by atoms with Gasteiger partial charge in [-0.3, -0.25) is 4.79 Å². The number of carbonyl (C=O) groups is 1. The summed E-state index contributed by atoms with van der Waals surface area (Å²) in [5.41, 5.74) is 1.73. The Hall–Kier alpha value is -2.19. The second-order valence-electron chi connectivity index (χ2n) is 5.43. The van der Waals surface area contributed by atoms with Crippen molar-refractivity contribution in [3.05, 3.63) is 52.6 Å². The number of benzene rings is 1. The van der Waals surface area contributed by atoms with E-state index in [2.05, 4.69) is 10.4 Å². The van der Waals surface area contributed by atoms with Gasteiger partial charge in [0.15, 0.2) is 0 Å². The van der Waals surface area contributed by atoms with Crippen LogP contribution in [-0.2, 0) is 14.6 Å². The van der Waals surface area contributed by atoms with Gasteiger partial charge >= 0.3 is 0 Å². The van der Waals surface area contributed by atoms with Crippen LogP contribution in [0.1, 0.15) is 11.3 Å². The zero-order chi connectivity index (χ0) is 18.6. The fourth-order valence-corrected chi connectivity index (χ4v) is 2.84. The van der Waals surface area contributed by atoms with Crippen molar-refractivity contribution >= 4 is 33.4 Å². The van der Waals surface area contributed by atoms with Crippen molar-refractivity contribution in [2.24, 2.45) is 0 Å². The number of halogens is 2. The molecule has 0 fully saturated rings. The minimum Gasteiger partial charge on any atom is -0.352 e. The minimum absolute atomic E-state index is 0.0313. The summed E-state index contributed by atoms with van der Waals surface area (Å²) in [6, 6.07) is 5.68. The van der Waals surface area contributed by atoms with Gasteiger partial charge < -0.3 is 5.32 Å². The maximum atomic E-state index is 13.0. The number of aryl methyl sites for hydroxylation is 1. The molecule has 0 aliphatic carbocycles. The lowest BCUT2D eigenvalue weighted by Crippen LogP contribution is -2.27. The molecule has 0 unspecified atom stereocenters. The topological polar surface area (TPSA) is 81.1 Å². The molecule has 0 bridgehead atoms. The second-order valence-corrected chi connectivity index (χ2v) is 8.05. The Morgan fingerprint density at radius 2 is 2.00 bits per heavy atom. The second kappa shape index (κ2) is 7.79. The Morgan fingerprint density at radius 3 is 2.60 bits per heavy atom. The van der Waals surface area contributed by atoms with Gasteiger partial charge in [0, 0.05) is 24.4 Å². The van der Waals surface area contributed by atoms with E-state index in [0.29, 0.717) is 16.9 Å². The Kier molecular flexibility index (Phi) is 5.97. The van der Waals surface area contributed by atoms with Crippen LogP contribution in [0.15, 0.2) is 30.3 Å². The molecule has 2 rings (SSSR count). The number of aromatic nitrogens is 2. The predicted molar refractivity (Wildman–Crippen MR) is 95.0 cm³/mol. The van der Waals surface area contributed by atoms with Crippen LogP contribution >= 0.6 is 11.6 Å². The number of nitrogens with zero attached hydrogens (tertiary/aromatic N) is 2. The first-order valence-electron chi connectivity index (χ1n) is 7.32. The molecule has 2 aromatic rings. The molecule has 0 radical (unpaired) electrons. The van der Waals surface area contributed by atoms with Crippen LogP contribution < -0.4 is 5.32 Å². The number of carbonyl (C=O) groups excluding carboxylic acids is 1. The monoisotopic (exact) mass is 385 g/mol. The van der Waals surface area contributed by atoms with Crippen molar-refractivity contribution < 1.29 is 17.6 Å². The molecule has 0 saturated carbocycles. The molecular formula is C16H17ClFN3O3S. The molecule has 9 heteroatoms. The molecule has 0 aliphatic rings. The molecule has 1 aromatic heterocycles. The quantitative estimate of drug-likeness (QED) is 0.772. The van der Waals surface area contributed by atoms with E-state index in [9.17, 15) is 17.6 Å². The molecule has 134 valence electrons. The lowest BCUT2D eigenvalue weighted by Gasteiger charge is -2.02. The van der Waals surface area contributed by atoms with Gasteiger partial charge in [0.2, 0.25) is 5.91 Å². The van der Waals surface area contributed by atoms with Gasteiger partial charge in [0.1, 0.15) is 20.8 Å². The Bertz CT molecular complexity index is 905. The zero-order valence-electron chi connectivity index (χ0n) is 13.7. The normalized spacial score (nSPS) is 11.8. The average molecular weight is 386 g/mol. The summed E-state index contributed by atoms with van der Waals surface area (Å²) >= 11 is 6.30. The standard InChI is InChI=1S/C16H17ClFN3O3S/c1-11-14(7-8-15(22)19-9-10-25(2,23)24)16(17)21(20-11)13-5-3-12(18)4-6-13/h3-8H,9-10H2,1-2H3,(H,19,22). The zero-order valence-corrected chi connectivity index (χ0v) is 15.2. The van der Waals surface area contributed by atoms with E-state index in [1.807, 2.05) is 0 Å². The van der Waals surface area contributed by atoms with Gasteiger partial charge in [-0.05, 0) is 37.3 Å². The van der Waals surface area contributed by atoms with Crippen LogP contribution in [0.3, 0.4) is 0 Å². The van der Waals surface area contributed by atoms with Gasteiger partial charge in [-0.1, -0.05) is 11.6 Å². The molecule has 0 spiro atoms. The fourth-order valence-electron chi connectivity index (χ4n) is 2.03. The maximum Gasteiger partial charge on any atom is 0.244 e. The van der Waals surface area contributed by atoms with Gasteiger partial charge in [-0.15, -0.1) is 0 Å². The largest absolute Gasteiger partial charge is 0.352 e. The van der Waals surface area contributed by atoms with E-state index in [0.717, 1.165) is 6.26 Å². The van der Waals surface area contributed by atoms with Crippen LogP contribution in [0, 0.1) is 12.7 Å². The highest BCUT2D eigenvalue weighted by molar-refractivity contribution is 7.90. The Labute approximate surface area is 150 Å². The first-order chi connectivity index (χ1) is 11.7. The first-order valence-corrected chi connectivity index (χ1v) is 9.76. The molecule has 0 saturated heterocycles. The van der Waals surface area contributed by atoms with E-state index in [-0.39, 0.29) is 23.3 Å². The highest BCUT2D eigenvalue weighted by Gasteiger charge is 2.13. The minimum atomic E-state index is -3.13. The van der Waals surface area contributed by atoms with Crippen LogP contribution in [0.2, 0.25) is 5.15 Å². The van der Waals surface area contributed by atoms with Crippen molar-refractivity contribution in [1.29, 1.82) is 0 Å². The highest BCUT2D eigenvalue weighted by atomic mass is 35.5.